The Morgan fingerprint density at radius 3 is 2.53 bits per heavy atom. The number of benzene rings is 2. The molecule has 3 aromatic rings. The Labute approximate surface area is 257 Å². The number of alkyl halides is 3. The number of nitrogens with one attached hydrogen (secondary N) is 2. The van der Waals surface area contributed by atoms with Gasteiger partial charge in [-0.1, -0.05) is 63.9 Å². The van der Waals surface area contributed by atoms with Crippen molar-refractivity contribution in [1.29, 1.82) is 5.26 Å². The molecule has 0 spiro atoms. The molecular formula is C32H39F3N6OS. The molecule has 0 bridgehead atoms. The summed E-state index contributed by atoms with van der Waals surface area (Å²) < 4.78 is 43.3. The largest absolute Gasteiger partial charge is 0.416 e. The van der Waals surface area contributed by atoms with Crippen LogP contribution in [-0.2, 0) is 30.5 Å². The van der Waals surface area contributed by atoms with Gasteiger partial charge in [0.15, 0.2) is 5.11 Å². The van der Waals surface area contributed by atoms with Gasteiger partial charge in [-0.25, -0.2) is 4.98 Å². The van der Waals surface area contributed by atoms with Crippen molar-refractivity contribution in [3.05, 3.63) is 89.0 Å². The third-order valence-electron chi connectivity index (χ3n) is 7.45. The summed E-state index contributed by atoms with van der Waals surface area (Å²) >= 11 is 5.66. The van der Waals surface area contributed by atoms with Gasteiger partial charge < -0.3 is 20.1 Å². The predicted octanol–water partition coefficient (Wildman–Crippen LogP) is 6.07. The van der Waals surface area contributed by atoms with Gasteiger partial charge in [0.05, 0.1) is 29.9 Å². The minimum atomic E-state index is -4.50. The third kappa shape index (κ3) is 10.1. The first-order valence-corrected chi connectivity index (χ1v) is 14.9. The molecule has 0 saturated heterocycles. The molecule has 11 heteroatoms. The number of carbonyl (C=O) groups is 1. The first kappa shape index (κ1) is 33.6. The highest BCUT2D eigenvalue weighted by Gasteiger charge is 2.34. The zero-order valence-corrected chi connectivity index (χ0v) is 25.6. The highest BCUT2D eigenvalue weighted by molar-refractivity contribution is 7.80. The van der Waals surface area contributed by atoms with Gasteiger partial charge in [-0.05, 0) is 53.9 Å². The van der Waals surface area contributed by atoms with Crippen molar-refractivity contribution in [2.45, 2.75) is 71.8 Å². The summed E-state index contributed by atoms with van der Waals surface area (Å²) in [5.74, 6) is -0.182. The first-order valence-electron chi connectivity index (χ1n) is 14.5. The molecular weight excluding hydrogens is 573 g/mol. The summed E-state index contributed by atoms with van der Waals surface area (Å²) in [4.78, 5) is 19.3. The number of halogens is 3. The number of nitrogens with zero attached hydrogens (tertiary/aromatic N) is 4. The predicted molar refractivity (Wildman–Crippen MR) is 165 cm³/mol. The Bertz CT molecular complexity index is 1380. The number of hydrogen-bond donors (Lipinski definition) is 2. The molecule has 0 fully saturated rings. The summed E-state index contributed by atoms with van der Waals surface area (Å²) in [5.41, 5.74) is 1.68. The molecule has 0 saturated carbocycles. The van der Waals surface area contributed by atoms with E-state index >= 15 is 0 Å². The summed E-state index contributed by atoms with van der Waals surface area (Å²) in [6, 6.07) is 14.5. The van der Waals surface area contributed by atoms with Crippen molar-refractivity contribution < 1.29 is 18.0 Å². The van der Waals surface area contributed by atoms with Crippen LogP contribution in [0.3, 0.4) is 0 Å². The van der Waals surface area contributed by atoms with Crippen molar-refractivity contribution in [3.63, 3.8) is 0 Å². The van der Waals surface area contributed by atoms with Gasteiger partial charge in [-0.15, -0.1) is 0 Å². The van der Waals surface area contributed by atoms with Crippen LogP contribution in [0, 0.1) is 17.2 Å². The number of amides is 1. The van der Waals surface area contributed by atoms with Crippen LogP contribution < -0.4 is 10.6 Å². The number of thiocarbonyl (C=S) groups is 1. The van der Waals surface area contributed by atoms with Crippen molar-refractivity contribution in [2.75, 3.05) is 13.1 Å². The van der Waals surface area contributed by atoms with Crippen molar-refractivity contribution in [1.82, 2.24) is 25.1 Å². The smallest absolute Gasteiger partial charge is 0.363 e. The topological polar surface area (TPSA) is 86.0 Å². The molecule has 0 aliphatic rings. The van der Waals surface area contributed by atoms with Gasteiger partial charge in [0, 0.05) is 44.1 Å². The molecule has 7 nitrogen and oxygen atoms in total. The molecule has 3 rings (SSSR count). The van der Waals surface area contributed by atoms with Crippen LogP contribution in [0.1, 0.15) is 68.0 Å². The molecule has 43 heavy (non-hydrogen) atoms. The highest BCUT2D eigenvalue weighted by Crippen LogP contribution is 2.32. The van der Waals surface area contributed by atoms with Crippen molar-refractivity contribution >= 4 is 23.2 Å². The number of imidazole rings is 1. The lowest BCUT2D eigenvalue weighted by Crippen LogP contribution is -2.51. The Morgan fingerprint density at radius 1 is 1.16 bits per heavy atom. The van der Waals surface area contributed by atoms with E-state index in [2.05, 4.69) is 21.7 Å². The second-order valence-electron chi connectivity index (χ2n) is 10.7. The highest BCUT2D eigenvalue weighted by atomic mass is 32.1. The quantitative estimate of drug-likeness (QED) is 0.170. The average Bonchev–Trinajstić information content (AvgIpc) is 3.41. The molecule has 2 N–H and O–H groups in total. The molecule has 2 atom stereocenters. The molecule has 1 aromatic heterocycles. The van der Waals surface area contributed by atoms with E-state index in [9.17, 15) is 18.0 Å². The molecule has 0 radical (unpaired) electrons. The zero-order valence-electron chi connectivity index (χ0n) is 24.8. The van der Waals surface area contributed by atoms with E-state index in [1.807, 2.05) is 37.5 Å². The number of nitriles is 1. The lowest BCUT2D eigenvalue weighted by Gasteiger charge is -2.34. The Hall–Kier alpha value is -3.91. The van der Waals surface area contributed by atoms with Crippen LogP contribution in [0.4, 0.5) is 13.2 Å². The van der Waals surface area contributed by atoms with Crippen molar-refractivity contribution in [2.24, 2.45) is 5.92 Å². The van der Waals surface area contributed by atoms with Crippen molar-refractivity contribution in [3.8, 4) is 6.07 Å². The molecule has 0 aliphatic heterocycles. The molecule has 230 valence electrons. The molecule has 2 unspecified atom stereocenters. The molecule has 0 aliphatic carbocycles. The van der Waals surface area contributed by atoms with Gasteiger partial charge in [-0.3, -0.25) is 4.79 Å². The summed E-state index contributed by atoms with van der Waals surface area (Å²) in [6.07, 6.45) is 1.46. The fraction of sp³-hybridized carbons (Fsp3) is 0.438. The van der Waals surface area contributed by atoms with Gasteiger partial charge in [0.1, 0.15) is 0 Å². The van der Waals surface area contributed by atoms with E-state index < -0.39 is 11.7 Å². The number of hydrogen-bond acceptors (Lipinski definition) is 4. The number of unbranched alkanes of at least 4 members (excludes halogenated alkanes) is 1. The van der Waals surface area contributed by atoms with Crippen LogP contribution in [0.5, 0.6) is 0 Å². The maximum Gasteiger partial charge on any atom is 0.416 e. The zero-order chi connectivity index (χ0) is 31.4. The number of aromatic nitrogens is 2. The monoisotopic (exact) mass is 612 g/mol. The minimum absolute atomic E-state index is 0.0336. The lowest BCUT2D eigenvalue weighted by atomic mass is 9.97. The maximum atomic E-state index is 13.8. The van der Waals surface area contributed by atoms with Gasteiger partial charge in [0.2, 0.25) is 5.91 Å². The van der Waals surface area contributed by atoms with Crippen LogP contribution in [0.25, 0.3) is 0 Å². The fourth-order valence-electron chi connectivity index (χ4n) is 4.67. The minimum Gasteiger partial charge on any atom is -0.363 e. The summed E-state index contributed by atoms with van der Waals surface area (Å²) in [7, 11) is 0. The lowest BCUT2D eigenvalue weighted by molar-refractivity contribution is -0.138. The van der Waals surface area contributed by atoms with E-state index in [1.165, 1.54) is 12.1 Å². The average molecular weight is 613 g/mol. The summed E-state index contributed by atoms with van der Waals surface area (Å²) in [6.45, 7) is 7.37. The van der Waals surface area contributed by atoms with E-state index in [0.717, 1.165) is 36.6 Å². The van der Waals surface area contributed by atoms with Crippen LogP contribution in [-0.4, -0.2) is 44.6 Å². The standard InChI is InChI=1S/C32H39F3N6OS/c1-4-6-15-38-31(43)40(20-26-9-7-8-10-28(26)32(33,34)35)21-29(23(3)5-2)39-30(42)16-27-18-37-22-41(27)19-25-13-11-24(17-36)12-14-25/h7-14,18,22-23,29H,4-6,15-16,19-21H2,1-3H3,(H,38,43)(H,39,42). The Morgan fingerprint density at radius 2 is 1.88 bits per heavy atom. The van der Waals surface area contributed by atoms with Gasteiger partial charge in [0.25, 0.3) is 0 Å². The van der Waals surface area contributed by atoms with Gasteiger partial charge in [-0.2, -0.15) is 18.4 Å². The molecule has 2 aromatic carbocycles. The molecule has 1 amide bonds. The Kier molecular flexibility index (Phi) is 12.6. The van der Waals surface area contributed by atoms with Crippen LogP contribution >= 0.6 is 12.2 Å². The third-order valence-corrected chi connectivity index (χ3v) is 7.85. The summed E-state index contributed by atoms with van der Waals surface area (Å²) in [5, 5.41) is 15.7. The van der Waals surface area contributed by atoms with E-state index in [0.29, 0.717) is 23.8 Å². The normalized spacial score (nSPS) is 12.7. The maximum absolute atomic E-state index is 13.8. The van der Waals surface area contributed by atoms with E-state index in [-0.39, 0.29) is 42.9 Å². The Balaban J connectivity index is 1.77. The SMILES string of the molecule is CCCCNC(=S)N(Cc1ccccc1C(F)(F)F)CC(NC(=O)Cc1cncn1Cc1ccc(C#N)cc1)C(C)CC. The first-order chi connectivity index (χ1) is 20.5. The van der Waals surface area contributed by atoms with Crippen LogP contribution in [0.2, 0.25) is 0 Å². The van der Waals surface area contributed by atoms with Crippen LogP contribution in [0.15, 0.2) is 61.1 Å². The van der Waals surface area contributed by atoms with Gasteiger partial charge >= 0.3 is 6.18 Å². The molecule has 1 heterocycles. The number of carbonyl (C=O) groups excluding carboxylic acids is 1. The number of rotatable bonds is 14. The second kappa shape index (κ2) is 16.1. The fourth-order valence-corrected chi connectivity index (χ4v) is 4.92. The van der Waals surface area contributed by atoms with E-state index in [1.54, 1.807) is 35.6 Å². The second-order valence-corrected chi connectivity index (χ2v) is 11.1. The van der Waals surface area contributed by atoms with E-state index in [4.69, 9.17) is 17.5 Å².